The lowest BCUT2D eigenvalue weighted by atomic mass is 10.1. The van der Waals surface area contributed by atoms with Crippen LogP contribution in [0.4, 0.5) is 0 Å². The van der Waals surface area contributed by atoms with Crippen molar-refractivity contribution in [3.8, 4) is 0 Å². The Morgan fingerprint density at radius 1 is 1.24 bits per heavy atom. The summed E-state index contributed by atoms with van der Waals surface area (Å²) in [6.45, 7) is 1.10. The Hall–Kier alpha value is -0.820. The molecule has 0 aromatic heterocycles. The van der Waals surface area contributed by atoms with Gasteiger partial charge in [0.25, 0.3) is 0 Å². The third kappa shape index (κ3) is 4.67. The normalized spacial score (nSPS) is 25.2. The van der Waals surface area contributed by atoms with E-state index >= 15 is 0 Å². The molecule has 0 spiro atoms. The highest BCUT2D eigenvalue weighted by molar-refractivity contribution is 7.91. The van der Waals surface area contributed by atoms with Crippen LogP contribution in [0.25, 0.3) is 0 Å². The Morgan fingerprint density at radius 2 is 1.96 bits per heavy atom. The van der Waals surface area contributed by atoms with Gasteiger partial charge in [-0.05, 0) is 37.0 Å². The van der Waals surface area contributed by atoms with Crippen LogP contribution in [0.3, 0.4) is 0 Å². The predicted molar refractivity (Wildman–Crippen MR) is 97.9 cm³/mol. The lowest BCUT2D eigenvalue weighted by molar-refractivity contribution is -0.134. The zero-order chi connectivity index (χ0) is 18.0. The minimum absolute atomic E-state index is 0.0156. The molecule has 3 rings (SSSR count). The van der Waals surface area contributed by atoms with Crippen molar-refractivity contribution in [2.75, 3.05) is 24.7 Å². The van der Waals surface area contributed by atoms with Crippen molar-refractivity contribution in [3.05, 3.63) is 33.8 Å². The van der Waals surface area contributed by atoms with Crippen molar-refractivity contribution in [3.63, 3.8) is 0 Å². The Labute approximate surface area is 158 Å². The van der Waals surface area contributed by atoms with Gasteiger partial charge >= 0.3 is 0 Å². The largest absolute Gasteiger partial charge is 0.376 e. The summed E-state index contributed by atoms with van der Waals surface area (Å²) in [7, 11) is -3.08. The molecular formula is C17H21Cl2NO4S. The lowest BCUT2D eigenvalue weighted by Gasteiger charge is -2.30. The molecule has 2 aliphatic heterocycles. The molecule has 5 nitrogen and oxygen atoms in total. The maximum atomic E-state index is 13.0. The van der Waals surface area contributed by atoms with Crippen LogP contribution >= 0.6 is 23.2 Å². The van der Waals surface area contributed by atoms with Gasteiger partial charge in [0.1, 0.15) is 0 Å². The second-order valence-electron chi connectivity index (χ2n) is 6.61. The van der Waals surface area contributed by atoms with Gasteiger partial charge in [-0.15, -0.1) is 0 Å². The molecule has 2 aliphatic rings. The first kappa shape index (κ1) is 19.0. The number of rotatable bonds is 5. The fourth-order valence-electron chi connectivity index (χ4n) is 3.44. The number of sulfone groups is 1. The zero-order valence-electron chi connectivity index (χ0n) is 13.8. The van der Waals surface area contributed by atoms with Crippen molar-refractivity contribution in [2.24, 2.45) is 0 Å². The molecule has 1 amide bonds. The van der Waals surface area contributed by atoms with Crippen LogP contribution in [0.2, 0.25) is 10.0 Å². The Balaban J connectivity index is 1.79. The quantitative estimate of drug-likeness (QED) is 0.755. The second-order valence-corrected chi connectivity index (χ2v) is 9.66. The van der Waals surface area contributed by atoms with Crippen molar-refractivity contribution in [1.29, 1.82) is 0 Å². The summed E-state index contributed by atoms with van der Waals surface area (Å²) >= 11 is 12.4. The highest BCUT2D eigenvalue weighted by Crippen LogP contribution is 2.27. The monoisotopic (exact) mass is 405 g/mol. The van der Waals surface area contributed by atoms with Crippen LogP contribution in [-0.2, 0) is 25.8 Å². The van der Waals surface area contributed by atoms with Gasteiger partial charge in [-0.3, -0.25) is 4.79 Å². The van der Waals surface area contributed by atoms with E-state index in [1.165, 1.54) is 0 Å². The molecule has 0 N–H and O–H groups in total. The third-order valence-electron chi connectivity index (χ3n) is 4.78. The van der Waals surface area contributed by atoms with Gasteiger partial charge in [0, 0.05) is 29.2 Å². The first-order chi connectivity index (χ1) is 11.9. The number of hydrogen-bond donors (Lipinski definition) is 0. The lowest BCUT2D eigenvalue weighted by Crippen LogP contribution is -2.46. The topological polar surface area (TPSA) is 63.7 Å². The summed E-state index contributed by atoms with van der Waals surface area (Å²) < 4.78 is 29.4. The maximum absolute atomic E-state index is 13.0. The number of benzene rings is 1. The zero-order valence-corrected chi connectivity index (χ0v) is 16.1. The summed E-state index contributed by atoms with van der Waals surface area (Å²) in [5, 5.41) is 0.883. The summed E-state index contributed by atoms with van der Waals surface area (Å²) in [6, 6.07) is 4.82. The molecule has 2 heterocycles. The van der Waals surface area contributed by atoms with Gasteiger partial charge in [0.15, 0.2) is 9.84 Å². The second kappa shape index (κ2) is 7.82. The van der Waals surface area contributed by atoms with Crippen LogP contribution < -0.4 is 0 Å². The third-order valence-corrected chi connectivity index (χ3v) is 7.24. The number of amides is 1. The molecule has 0 radical (unpaired) electrons. The van der Waals surface area contributed by atoms with Gasteiger partial charge < -0.3 is 9.64 Å². The molecule has 0 unspecified atom stereocenters. The van der Waals surface area contributed by atoms with E-state index in [1.54, 1.807) is 23.1 Å². The van der Waals surface area contributed by atoms with Crippen molar-refractivity contribution in [2.45, 2.75) is 37.8 Å². The summed E-state index contributed by atoms with van der Waals surface area (Å²) in [4.78, 5) is 14.6. The van der Waals surface area contributed by atoms with Crippen molar-refractivity contribution < 1.29 is 17.9 Å². The average Bonchev–Trinajstić information content (AvgIpc) is 3.17. The highest BCUT2D eigenvalue weighted by atomic mass is 35.5. The van der Waals surface area contributed by atoms with Crippen molar-refractivity contribution in [1.82, 2.24) is 4.90 Å². The fraction of sp³-hybridized carbons (Fsp3) is 0.588. The summed E-state index contributed by atoms with van der Waals surface area (Å²) in [5.74, 6) is -0.0192. The van der Waals surface area contributed by atoms with E-state index < -0.39 is 9.84 Å². The van der Waals surface area contributed by atoms with E-state index in [2.05, 4.69) is 0 Å². The molecular weight excluding hydrogens is 385 g/mol. The van der Waals surface area contributed by atoms with E-state index in [9.17, 15) is 13.2 Å². The molecule has 1 aromatic carbocycles. The van der Waals surface area contributed by atoms with Gasteiger partial charge in [-0.25, -0.2) is 8.42 Å². The van der Waals surface area contributed by atoms with E-state index in [0.29, 0.717) is 35.2 Å². The summed E-state index contributed by atoms with van der Waals surface area (Å²) in [5.41, 5.74) is 0.578. The van der Waals surface area contributed by atoms with E-state index in [0.717, 1.165) is 12.8 Å². The van der Waals surface area contributed by atoms with E-state index in [1.807, 2.05) is 0 Å². The number of ether oxygens (including phenoxy) is 1. The Bertz CT molecular complexity index is 727. The molecule has 0 saturated carbocycles. The van der Waals surface area contributed by atoms with Crippen LogP contribution in [0.15, 0.2) is 18.2 Å². The molecule has 138 valence electrons. The van der Waals surface area contributed by atoms with Gasteiger partial charge in [-0.2, -0.15) is 0 Å². The van der Waals surface area contributed by atoms with Crippen molar-refractivity contribution >= 4 is 38.9 Å². The molecule has 2 saturated heterocycles. The van der Waals surface area contributed by atoms with Gasteiger partial charge in [0.2, 0.25) is 5.91 Å². The van der Waals surface area contributed by atoms with E-state index in [-0.39, 0.29) is 36.0 Å². The maximum Gasteiger partial charge on any atom is 0.227 e. The first-order valence-corrected chi connectivity index (χ1v) is 11.0. The van der Waals surface area contributed by atoms with Gasteiger partial charge in [0.05, 0.1) is 24.0 Å². The number of nitrogens with zero attached hydrogens (tertiary/aromatic N) is 1. The number of hydrogen-bond acceptors (Lipinski definition) is 4. The van der Waals surface area contributed by atoms with Crippen LogP contribution in [0.1, 0.15) is 24.8 Å². The molecule has 2 atom stereocenters. The van der Waals surface area contributed by atoms with Gasteiger partial charge in [-0.1, -0.05) is 29.3 Å². The Morgan fingerprint density at radius 3 is 2.52 bits per heavy atom. The SMILES string of the molecule is O=C(Cc1c(Cl)cccc1Cl)N(C[C@H]1CCCO1)[C@H]1CCS(=O)(=O)C1. The number of carbonyl (C=O) groups excluding carboxylic acids is 1. The van der Waals surface area contributed by atoms with Crippen LogP contribution in [0.5, 0.6) is 0 Å². The fourth-order valence-corrected chi connectivity index (χ4v) is 5.70. The average molecular weight is 406 g/mol. The molecule has 0 bridgehead atoms. The van der Waals surface area contributed by atoms with E-state index in [4.69, 9.17) is 27.9 Å². The van der Waals surface area contributed by atoms with Crippen LogP contribution in [0, 0.1) is 0 Å². The predicted octanol–water partition coefficient (Wildman–Crippen LogP) is 2.73. The summed E-state index contributed by atoms with van der Waals surface area (Å²) in [6.07, 6.45) is 2.34. The Kier molecular flexibility index (Phi) is 5.93. The molecule has 25 heavy (non-hydrogen) atoms. The number of carbonyl (C=O) groups is 1. The smallest absolute Gasteiger partial charge is 0.227 e. The molecule has 2 fully saturated rings. The highest BCUT2D eigenvalue weighted by Gasteiger charge is 2.36. The molecule has 0 aliphatic carbocycles. The molecule has 8 heteroatoms. The van der Waals surface area contributed by atoms with Crippen LogP contribution in [-0.4, -0.2) is 56.0 Å². The number of halogens is 2. The minimum atomic E-state index is -3.08. The molecule has 1 aromatic rings. The first-order valence-electron chi connectivity index (χ1n) is 8.40. The minimum Gasteiger partial charge on any atom is -0.376 e. The standard InChI is InChI=1S/C17H21Cl2NO4S/c18-15-4-1-5-16(19)14(15)9-17(21)20(10-13-3-2-7-24-13)12-6-8-25(22,23)11-12/h1,4-5,12-13H,2-3,6-11H2/t12-,13+/m0/s1.